The number of benzene rings is 1. The zero-order valence-corrected chi connectivity index (χ0v) is 10.9. The van der Waals surface area contributed by atoms with Gasteiger partial charge in [0.05, 0.1) is 0 Å². The Labute approximate surface area is 97.4 Å². The maximum atomic E-state index is 6.21. The van der Waals surface area contributed by atoms with Gasteiger partial charge in [-0.05, 0) is 43.2 Å². The van der Waals surface area contributed by atoms with Crippen molar-refractivity contribution in [1.82, 2.24) is 0 Å². The second kappa shape index (κ2) is 5.57. The highest BCUT2D eigenvalue weighted by molar-refractivity contribution is 7.99. The third kappa shape index (κ3) is 3.25. The van der Waals surface area contributed by atoms with Crippen LogP contribution < -0.4 is 5.73 Å². The molecule has 84 valence electrons. The predicted octanol–water partition coefficient (Wildman–Crippen LogP) is 3.36. The summed E-state index contributed by atoms with van der Waals surface area (Å²) in [6.45, 7) is 8.62. The van der Waals surface area contributed by atoms with Gasteiger partial charge < -0.3 is 5.73 Å². The summed E-state index contributed by atoms with van der Waals surface area (Å²) < 4.78 is 0. The van der Waals surface area contributed by atoms with Crippen molar-refractivity contribution in [3.05, 3.63) is 34.4 Å². The second-order valence-electron chi connectivity index (χ2n) is 4.08. The van der Waals surface area contributed by atoms with Crippen LogP contribution in [0.4, 0.5) is 0 Å². The van der Waals surface area contributed by atoms with E-state index in [0.29, 0.717) is 0 Å². The van der Waals surface area contributed by atoms with Crippen LogP contribution in [0, 0.1) is 20.8 Å². The van der Waals surface area contributed by atoms with Crippen molar-refractivity contribution >= 4 is 11.8 Å². The van der Waals surface area contributed by atoms with Gasteiger partial charge in [0.2, 0.25) is 0 Å². The molecule has 0 aromatic heterocycles. The van der Waals surface area contributed by atoms with Gasteiger partial charge in [-0.25, -0.2) is 0 Å². The molecule has 1 aromatic carbocycles. The van der Waals surface area contributed by atoms with E-state index in [-0.39, 0.29) is 6.04 Å². The summed E-state index contributed by atoms with van der Waals surface area (Å²) in [6.07, 6.45) is 0. The molecule has 1 rings (SSSR count). The number of hydrogen-bond acceptors (Lipinski definition) is 2. The maximum Gasteiger partial charge on any atom is 0.0392 e. The molecule has 0 saturated heterocycles. The molecule has 2 heteroatoms. The molecule has 0 heterocycles. The van der Waals surface area contributed by atoms with Crippen LogP contribution in [0.1, 0.15) is 35.2 Å². The molecular formula is C13H21NS. The lowest BCUT2D eigenvalue weighted by atomic mass is 9.95. The lowest BCUT2D eigenvalue weighted by Gasteiger charge is -2.17. The molecule has 1 nitrogen and oxygen atoms in total. The van der Waals surface area contributed by atoms with E-state index in [9.17, 15) is 0 Å². The van der Waals surface area contributed by atoms with Crippen molar-refractivity contribution in [3.63, 3.8) is 0 Å². The summed E-state index contributed by atoms with van der Waals surface area (Å²) in [5.74, 6) is 2.15. The first-order chi connectivity index (χ1) is 7.06. The van der Waals surface area contributed by atoms with E-state index in [4.69, 9.17) is 5.73 Å². The quantitative estimate of drug-likeness (QED) is 0.847. The van der Waals surface area contributed by atoms with Gasteiger partial charge in [0.25, 0.3) is 0 Å². The summed E-state index contributed by atoms with van der Waals surface area (Å²) in [7, 11) is 0. The van der Waals surface area contributed by atoms with Crippen molar-refractivity contribution < 1.29 is 0 Å². The highest BCUT2D eigenvalue weighted by Gasteiger charge is 2.11. The van der Waals surface area contributed by atoms with Crippen molar-refractivity contribution in [2.45, 2.75) is 33.7 Å². The van der Waals surface area contributed by atoms with Crippen LogP contribution in [-0.4, -0.2) is 11.5 Å². The minimum absolute atomic E-state index is 0.176. The van der Waals surface area contributed by atoms with Crippen LogP contribution in [0.5, 0.6) is 0 Å². The molecule has 15 heavy (non-hydrogen) atoms. The highest BCUT2D eigenvalue weighted by Crippen LogP contribution is 2.24. The van der Waals surface area contributed by atoms with E-state index in [2.05, 4.69) is 39.8 Å². The summed E-state index contributed by atoms with van der Waals surface area (Å²) in [6, 6.07) is 4.62. The number of nitrogens with two attached hydrogens (primary N) is 1. The largest absolute Gasteiger partial charge is 0.323 e. The number of rotatable bonds is 4. The Balaban J connectivity index is 2.92. The third-order valence-electron chi connectivity index (χ3n) is 2.61. The normalized spacial score (nSPS) is 12.9. The third-order valence-corrected chi connectivity index (χ3v) is 3.61. The molecular weight excluding hydrogens is 202 g/mol. The minimum Gasteiger partial charge on any atom is -0.323 e. The van der Waals surface area contributed by atoms with E-state index < -0.39 is 0 Å². The molecule has 1 aromatic rings. The number of aryl methyl sites for hydroxylation is 3. The molecule has 0 saturated carbocycles. The van der Waals surface area contributed by atoms with E-state index in [0.717, 1.165) is 11.5 Å². The Morgan fingerprint density at radius 1 is 1.20 bits per heavy atom. The fourth-order valence-corrected chi connectivity index (χ4v) is 2.76. The van der Waals surface area contributed by atoms with Crippen molar-refractivity contribution in [2.75, 3.05) is 11.5 Å². The molecule has 0 amide bonds. The lowest BCUT2D eigenvalue weighted by Crippen LogP contribution is -2.16. The molecule has 0 radical (unpaired) electrons. The van der Waals surface area contributed by atoms with Crippen LogP contribution >= 0.6 is 11.8 Å². The molecule has 0 spiro atoms. The van der Waals surface area contributed by atoms with E-state index in [1.54, 1.807) is 0 Å². The average molecular weight is 223 g/mol. The van der Waals surface area contributed by atoms with Crippen LogP contribution in [0.25, 0.3) is 0 Å². The first-order valence-corrected chi connectivity index (χ1v) is 6.62. The van der Waals surface area contributed by atoms with Gasteiger partial charge in [0.15, 0.2) is 0 Å². The Kier molecular flexibility index (Phi) is 4.68. The lowest BCUT2D eigenvalue weighted by molar-refractivity contribution is 0.813. The molecule has 0 bridgehead atoms. The first kappa shape index (κ1) is 12.6. The van der Waals surface area contributed by atoms with Gasteiger partial charge in [-0.2, -0.15) is 11.8 Å². The van der Waals surface area contributed by atoms with E-state index in [1.807, 2.05) is 11.8 Å². The molecule has 1 unspecified atom stereocenters. The Bertz CT molecular complexity index is 310. The first-order valence-electron chi connectivity index (χ1n) is 5.47. The molecule has 0 aliphatic heterocycles. The van der Waals surface area contributed by atoms with Crippen molar-refractivity contribution in [3.8, 4) is 0 Å². The Morgan fingerprint density at radius 2 is 1.73 bits per heavy atom. The van der Waals surface area contributed by atoms with Gasteiger partial charge in [0.1, 0.15) is 0 Å². The molecule has 0 aliphatic carbocycles. The zero-order chi connectivity index (χ0) is 11.4. The fraction of sp³-hybridized carbons (Fsp3) is 0.538. The Morgan fingerprint density at radius 3 is 2.20 bits per heavy atom. The minimum atomic E-state index is 0.176. The maximum absolute atomic E-state index is 6.21. The fourth-order valence-electron chi connectivity index (χ4n) is 2.10. The number of hydrogen-bond donors (Lipinski definition) is 1. The second-order valence-corrected chi connectivity index (χ2v) is 5.40. The summed E-state index contributed by atoms with van der Waals surface area (Å²) >= 11 is 1.91. The zero-order valence-electron chi connectivity index (χ0n) is 10.1. The van der Waals surface area contributed by atoms with E-state index in [1.165, 1.54) is 22.3 Å². The van der Waals surface area contributed by atoms with Crippen LogP contribution in [-0.2, 0) is 0 Å². The smallest absolute Gasteiger partial charge is 0.0392 e. The van der Waals surface area contributed by atoms with Gasteiger partial charge in [-0.15, -0.1) is 0 Å². The summed E-state index contributed by atoms with van der Waals surface area (Å²) in [5.41, 5.74) is 11.5. The average Bonchev–Trinajstić information content (AvgIpc) is 2.12. The summed E-state index contributed by atoms with van der Waals surface area (Å²) in [4.78, 5) is 0. The predicted molar refractivity (Wildman–Crippen MR) is 70.6 cm³/mol. The van der Waals surface area contributed by atoms with Gasteiger partial charge in [-0.3, -0.25) is 0 Å². The topological polar surface area (TPSA) is 26.0 Å². The SMILES string of the molecule is CCSCC(N)c1c(C)cc(C)cc1C. The molecule has 0 fully saturated rings. The van der Waals surface area contributed by atoms with Crippen LogP contribution in [0.3, 0.4) is 0 Å². The van der Waals surface area contributed by atoms with Gasteiger partial charge in [-0.1, -0.05) is 24.6 Å². The van der Waals surface area contributed by atoms with Gasteiger partial charge >= 0.3 is 0 Å². The van der Waals surface area contributed by atoms with Crippen molar-refractivity contribution in [1.29, 1.82) is 0 Å². The van der Waals surface area contributed by atoms with Crippen molar-refractivity contribution in [2.24, 2.45) is 5.73 Å². The number of thioether (sulfide) groups is 1. The molecule has 1 atom stereocenters. The molecule has 2 N–H and O–H groups in total. The van der Waals surface area contributed by atoms with Crippen LogP contribution in [0.2, 0.25) is 0 Å². The Hall–Kier alpha value is -0.470. The highest BCUT2D eigenvalue weighted by atomic mass is 32.2. The van der Waals surface area contributed by atoms with Gasteiger partial charge in [0, 0.05) is 11.8 Å². The monoisotopic (exact) mass is 223 g/mol. The van der Waals surface area contributed by atoms with Crippen LogP contribution in [0.15, 0.2) is 12.1 Å². The van der Waals surface area contributed by atoms with E-state index >= 15 is 0 Å². The molecule has 0 aliphatic rings. The standard InChI is InChI=1S/C13H21NS/c1-5-15-8-12(14)13-10(3)6-9(2)7-11(13)4/h6-7,12H,5,8,14H2,1-4H3. The summed E-state index contributed by atoms with van der Waals surface area (Å²) in [5, 5.41) is 0.